The van der Waals surface area contributed by atoms with Crippen LogP contribution in [0.25, 0.3) is 0 Å². The van der Waals surface area contributed by atoms with Gasteiger partial charge in [0.15, 0.2) is 0 Å². The summed E-state index contributed by atoms with van der Waals surface area (Å²) in [6.45, 7) is 2.94. The number of likely N-dealkylation sites (tertiary alicyclic amines) is 1. The predicted molar refractivity (Wildman–Crippen MR) is 78.5 cm³/mol. The number of amides is 1. The largest absolute Gasteiger partial charge is 0.471 e. The lowest BCUT2D eigenvalue weighted by atomic mass is 9.82. The van der Waals surface area contributed by atoms with Crippen LogP contribution in [0.2, 0.25) is 0 Å². The van der Waals surface area contributed by atoms with Gasteiger partial charge in [0.1, 0.15) is 0 Å². The number of carbonyl (C=O) groups excluding carboxylic acids is 1. The summed E-state index contributed by atoms with van der Waals surface area (Å²) in [5.41, 5.74) is -4.97. The fourth-order valence-electron chi connectivity index (χ4n) is 3.25. The Morgan fingerprint density at radius 1 is 0.926 bits per heavy atom. The Morgan fingerprint density at radius 2 is 1.37 bits per heavy atom. The Labute approximate surface area is 149 Å². The van der Waals surface area contributed by atoms with Gasteiger partial charge in [-0.2, -0.15) is 39.5 Å². The van der Waals surface area contributed by atoms with Crippen LogP contribution in [-0.4, -0.2) is 40.9 Å². The molecule has 0 aromatic rings. The van der Waals surface area contributed by atoms with Crippen LogP contribution in [0.3, 0.4) is 0 Å². The van der Waals surface area contributed by atoms with Crippen LogP contribution >= 0.6 is 0 Å². The van der Waals surface area contributed by atoms with Gasteiger partial charge in [0.25, 0.3) is 0 Å². The summed E-state index contributed by atoms with van der Waals surface area (Å²) in [5, 5.41) is 0. The zero-order chi connectivity index (χ0) is 21.3. The maximum absolute atomic E-state index is 13.7. The molecule has 0 aromatic carbocycles. The van der Waals surface area contributed by atoms with Crippen molar-refractivity contribution in [2.24, 2.45) is 5.92 Å². The van der Waals surface area contributed by atoms with Crippen molar-refractivity contribution in [3.05, 3.63) is 24.3 Å². The fourth-order valence-corrected chi connectivity index (χ4v) is 3.25. The molecule has 1 aliphatic heterocycles. The first-order valence-electron chi connectivity index (χ1n) is 8.03. The van der Waals surface area contributed by atoms with Gasteiger partial charge in [-0.3, -0.25) is 4.79 Å². The Balaban J connectivity index is 3.84. The Kier molecular flexibility index (Phi) is 6.70. The van der Waals surface area contributed by atoms with Crippen molar-refractivity contribution < 1.29 is 44.3 Å². The molecule has 0 bridgehead atoms. The van der Waals surface area contributed by atoms with Gasteiger partial charge in [0.2, 0.25) is 5.54 Å². The minimum atomic E-state index is -6.18. The molecular formula is C16H18F9NO. The second kappa shape index (κ2) is 7.75. The van der Waals surface area contributed by atoms with Gasteiger partial charge in [-0.05, 0) is 19.3 Å². The van der Waals surface area contributed by atoms with Crippen molar-refractivity contribution >= 4 is 5.91 Å². The SMILES string of the molecule is CC/C=C\C1CC(/C=C\CC)C(C(F)(F)F)(C(F)(F)F)N1C(=O)C(F)(F)F. The number of rotatable bonds is 4. The summed E-state index contributed by atoms with van der Waals surface area (Å²) in [6, 6.07) is -2.01. The van der Waals surface area contributed by atoms with Crippen molar-refractivity contribution in [3.63, 3.8) is 0 Å². The third-order valence-corrected chi connectivity index (χ3v) is 4.27. The number of hydrogen-bond donors (Lipinski definition) is 0. The molecule has 1 heterocycles. The average molecular weight is 411 g/mol. The third-order valence-electron chi connectivity index (χ3n) is 4.27. The Morgan fingerprint density at radius 3 is 1.74 bits per heavy atom. The molecule has 11 heteroatoms. The smallest absolute Gasteiger partial charge is 0.306 e. The fraction of sp³-hybridized carbons (Fsp3) is 0.688. The van der Waals surface area contributed by atoms with Crippen LogP contribution in [0.5, 0.6) is 0 Å². The lowest BCUT2D eigenvalue weighted by Crippen LogP contribution is -2.71. The van der Waals surface area contributed by atoms with Crippen molar-refractivity contribution in [2.45, 2.75) is 63.2 Å². The molecule has 1 saturated heterocycles. The zero-order valence-corrected chi connectivity index (χ0v) is 14.3. The monoisotopic (exact) mass is 411 g/mol. The number of alkyl halides is 9. The van der Waals surface area contributed by atoms with Gasteiger partial charge in [0, 0.05) is 5.92 Å². The van der Waals surface area contributed by atoms with Gasteiger partial charge in [-0.15, -0.1) is 0 Å². The number of halogens is 9. The first-order valence-corrected chi connectivity index (χ1v) is 8.03. The summed E-state index contributed by atoms with van der Waals surface area (Å²) in [5.74, 6) is -5.58. The predicted octanol–water partition coefficient (Wildman–Crippen LogP) is 5.56. The molecule has 1 amide bonds. The van der Waals surface area contributed by atoms with Gasteiger partial charge >= 0.3 is 24.4 Å². The van der Waals surface area contributed by atoms with Gasteiger partial charge in [-0.1, -0.05) is 38.2 Å². The molecular weight excluding hydrogens is 393 g/mol. The van der Waals surface area contributed by atoms with E-state index >= 15 is 0 Å². The van der Waals surface area contributed by atoms with E-state index in [1.54, 1.807) is 0 Å². The highest BCUT2D eigenvalue weighted by molar-refractivity contribution is 5.84. The van der Waals surface area contributed by atoms with E-state index in [2.05, 4.69) is 0 Å². The topological polar surface area (TPSA) is 20.3 Å². The number of carbonyl (C=O) groups is 1. The molecule has 0 aromatic heterocycles. The van der Waals surface area contributed by atoms with E-state index in [-0.39, 0.29) is 12.8 Å². The van der Waals surface area contributed by atoms with Crippen LogP contribution in [0.1, 0.15) is 33.1 Å². The first-order chi connectivity index (χ1) is 12.2. The van der Waals surface area contributed by atoms with Crippen molar-refractivity contribution in [1.82, 2.24) is 4.90 Å². The summed E-state index contributed by atoms with van der Waals surface area (Å²) in [7, 11) is 0. The van der Waals surface area contributed by atoms with Crippen molar-refractivity contribution in [2.75, 3.05) is 0 Å². The molecule has 0 radical (unpaired) electrons. The molecule has 2 nitrogen and oxygen atoms in total. The molecule has 2 atom stereocenters. The molecule has 1 fully saturated rings. The molecule has 2 unspecified atom stereocenters. The Bertz CT molecular complexity index is 572. The first kappa shape index (κ1) is 23.4. The Hall–Kier alpha value is -1.68. The van der Waals surface area contributed by atoms with E-state index in [9.17, 15) is 44.3 Å². The van der Waals surface area contributed by atoms with E-state index in [0.29, 0.717) is 6.08 Å². The number of nitrogens with zero attached hydrogens (tertiary/aromatic N) is 1. The molecule has 0 N–H and O–H groups in total. The van der Waals surface area contributed by atoms with Crippen molar-refractivity contribution in [1.29, 1.82) is 0 Å². The van der Waals surface area contributed by atoms with Crippen LogP contribution in [0.15, 0.2) is 24.3 Å². The highest BCUT2D eigenvalue weighted by atomic mass is 19.4. The molecule has 0 spiro atoms. The van der Waals surface area contributed by atoms with Crippen LogP contribution in [0, 0.1) is 5.92 Å². The average Bonchev–Trinajstić information content (AvgIpc) is 2.83. The quantitative estimate of drug-likeness (QED) is 0.438. The molecule has 156 valence electrons. The standard InChI is InChI=1S/C16H18F9NO/c1-3-5-7-10-9-11(8-6-4-2)26(12(27)14(17,18)19)13(10,15(20,21)22)16(23,24)25/h5-8,10-11H,3-4,9H2,1-2H3/b7-5-,8-6-. The van der Waals surface area contributed by atoms with E-state index in [1.165, 1.54) is 13.8 Å². The molecule has 0 saturated carbocycles. The van der Waals surface area contributed by atoms with E-state index < -0.39 is 53.3 Å². The van der Waals surface area contributed by atoms with E-state index in [1.807, 2.05) is 0 Å². The normalized spacial score (nSPS) is 24.3. The van der Waals surface area contributed by atoms with Crippen LogP contribution in [-0.2, 0) is 4.79 Å². The minimum absolute atomic E-state index is 0.0744. The third kappa shape index (κ3) is 4.11. The molecule has 1 aliphatic rings. The van der Waals surface area contributed by atoms with Gasteiger partial charge in [-0.25, -0.2) is 0 Å². The molecule has 0 aliphatic carbocycles. The summed E-state index contributed by atoms with van der Waals surface area (Å²) in [6.07, 6.45) is -15.4. The highest BCUT2D eigenvalue weighted by Crippen LogP contribution is 2.58. The van der Waals surface area contributed by atoms with Crippen LogP contribution < -0.4 is 0 Å². The summed E-state index contributed by atoms with van der Waals surface area (Å²) >= 11 is 0. The summed E-state index contributed by atoms with van der Waals surface area (Å²) in [4.78, 5) is 10.6. The van der Waals surface area contributed by atoms with Gasteiger partial charge < -0.3 is 4.90 Å². The second-order valence-electron chi connectivity index (χ2n) is 6.02. The minimum Gasteiger partial charge on any atom is -0.306 e. The number of hydrogen-bond acceptors (Lipinski definition) is 1. The zero-order valence-electron chi connectivity index (χ0n) is 14.3. The lowest BCUT2D eigenvalue weighted by Gasteiger charge is -2.44. The maximum atomic E-state index is 13.7. The summed E-state index contributed by atoms with van der Waals surface area (Å²) < 4.78 is 121. The lowest BCUT2D eigenvalue weighted by molar-refractivity contribution is -0.341. The van der Waals surface area contributed by atoms with E-state index in [4.69, 9.17) is 0 Å². The maximum Gasteiger partial charge on any atom is 0.471 e. The van der Waals surface area contributed by atoms with Crippen LogP contribution in [0.4, 0.5) is 39.5 Å². The van der Waals surface area contributed by atoms with Gasteiger partial charge in [0.05, 0.1) is 6.04 Å². The molecule has 1 rings (SSSR count). The second-order valence-corrected chi connectivity index (χ2v) is 6.02. The van der Waals surface area contributed by atoms with E-state index in [0.717, 1.165) is 18.2 Å². The van der Waals surface area contributed by atoms with Crippen molar-refractivity contribution in [3.8, 4) is 0 Å². The highest BCUT2D eigenvalue weighted by Gasteiger charge is 2.81. The number of allylic oxidation sites excluding steroid dienone is 2. The molecule has 27 heavy (non-hydrogen) atoms.